The summed E-state index contributed by atoms with van der Waals surface area (Å²) in [5, 5.41) is 25.5. The quantitative estimate of drug-likeness (QED) is 0.0460. The number of aliphatic imine (C=N–C) groups is 1. The van der Waals surface area contributed by atoms with Crippen molar-refractivity contribution in [2.75, 3.05) is 13.1 Å². The minimum atomic E-state index is -1.03. The highest BCUT2D eigenvalue weighted by Crippen LogP contribution is 2.14. The highest BCUT2D eigenvalue weighted by molar-refractivity contribution is 5.79. The lowest BCUT2D eigenvalue weighted by Crippen LogP contribution is -2.34. The van der Waals surface area contributed by atoms with Gasteiger partial charge in [-0.25, -0.2) is 4.79 Å². The second kappa shape index (κ2) is 22.2. The molecule has 0 unspecified atom stereocenters. The molecular weight excluding hydrogens is 548 g/mol. The molecule has 0 fully saturated rings. The zero-order valence-corrected chi connectivity index (χ0v) is 23.4. The van der Waals surface area contributed by atoms with Gasteiger partial charge in [-0.15, -0.1) is 0 Å². The first-order chi connectivity index (χ1) is 19.8. The predicted molar refractivity (Wildman–Crippen MR) is 158 cm³/mol. The van der Waals surface area contributed by atoms with E-state index in [2.05, 4.69) is 17.1 Å². The number of nitrogens with zero attached hydrogens (tertiary/aromatic N) is 1. The van der Waals surface area contributed by atoms with Crippen LogP contribution in [0.5, 0.6) is 5.75 Å². The molecule has 14 heteroatoms. The van der Waals surface area contributed by atoms with Crippen molar-refractivity contribution < 1.29 is 39.2 Å². The molecule has 0 bridgehead atoms. The Hall–Kier alpha value is -4.53. The minimum Gasteiger partial charge on any atom is -0.481 e. The van der Waals surface area contributed by atoms with Crippen LogP contribution in [-0.4, -0.2) is 70.3 Å². The number of carboxylic acids is 3. The molecule has 0 heterocycles. The van der Waals surface area contributed by atoms with E-state index in [-0.39, 0.29) is 31.0 Å². The molecule has 0 aromatic heterocycles. The largest absolute Gasteiger partial charge is 0.481 e. The van der Waals surface area contributed by atoms with Gasteiger partial charge in [0, 0.05) is 19.4 Å². The van der Waals surface area contributed by atoms with Gasteiger partial charge in [0.1, 0.15) is 17.8 Å². The standard InChI is InChI=1S/C14H17NO6.C8H11N.C6H14N4O2/c15-11(6-8-13(18)19)14(20)21-10-4-1-9(2-5-10)3-7-12(16)17;9-7-6-8-4-2-1-3-5-8;7-4(5(11)12)2-1-3-10-6(8)9/h1-2,4-5,11H,3,6-8,15H2,(H,16,17)(H,18,19);1-5H,6-7,9H2;4H,1-3,7H2,(H,11,12)(H4,8,9,10)/t11-;;4-/m1.0/s1. The molecule has 0 amide bonds. The van der Waals surface area contributed by atoms with Gasteiger partial charge >= 0.3 is 23.9 Å². The number of ether oxygens (including phenoxy) is 1. The predicted octanol–water partition coefficient (Wildman–Crippen LogP) is 0.441. The van der Waals surface area contributed by atoms with Crippen molar-refractivity contribution in [3.05, 3.63) is 65.7 Å². The van der Waals surface area contributed by atoms with Crippen LogP contribution in [0.3, 0.4) is 0 Å². The highest BCUT2D eigenvalue weighted by Gasteiger charge is 2.17. The number of benzene rings is 2. The summed E-state index contributed by atoms with van der Waals surface area (Å²) in [6, 6.07) is 14.9. The maximum atomic E-state index is 11.6. The Morgan fingerprint density at radius 1 is 0.762 bits per heavy atom. The van der Waals surface area contributed by atoms with E-state index in [1.165, 1.54) is 5.56 Å². The Morgan fingerprint density at radius 3 is 1.83 bits per heavy atom. The Balaban J connectivity index is 0.000000672. The van der Waals surface area contributed by atoms with Crippen molar-refractivity contribution in [3.8, 4) is 5.75 Å². The van der Waals surface area contributed by atoms with E-state index in [1.807, 2.05) is 18.2 Å². The lowest BCUT2D eigenvalue weighted by atomic mass is 10.1. The molecule has 2 aromatic carbocycles. The minimum absolute atomic E-state index is 0.00482. The number of carbonyl (C=O) groups is 4. The summed E-state index contributed by atoms with van der Waals surface area (Å²) in [6.45, 7) is 1.16. The van der Waals surface area contributed by atoms with Crippen molar-refractivity contribution in [1.82, 2.24) is 0 Å². The van der Waals surface area contributed by atoms with Gasteiger partial charge in [-0.05, 0) is 61.9 Å². The summed E-state index contributed by atoms with van der Waals surface area (Å²) < 4.78 is 5.02. The number of hydrogen-bond acceptors (Lipinski definition) is 9. The number of guanidine groups is 1. The van der Waals surface area contributed by atoms with Crippen LogP contribution in [-0.2, 0) is 32.0 Å². The maximum absolute atomic E-state index is 11.6. The molecule has 0 aliphatic carbocycles. The van der Waals surface area contributed by atoms with E-state index in [0.29, 0.717) is 25.8 Å². The van der Waals surface area contributed by atoms with Crippen LogP contribution < -0.4 is 33.4 Å². The lowest BCUT2D eigenvalue weighted by molar-refractivity contribution is -0.139. The Bertz CT molecular complexity index is 1110. The Kier molecular flexibility index (Phi) is 19.8. The van der Waals surface area contributed by atoms with Crippen molar-refractivity contribution in [1.29, 1.82) is 0 Å². The van der Waals surface area contributed by atoms with Crippen LogP contribution in [0.25, 0.3) is 0 Å². The van der Waals surface area contributed by atoms with Crippen molar-refractivity contribution in [2.24, 2.45) is 33.7 Å². The second-order valence-corrected chi connectivity index (χ2v) is 8.92. The van der Waals surface area contributed by atoms with Crippen LogP contribution in [0.4, 0.5) is 0 Å². The molecule has 2 aromatic rings. The average molecular weight is 591 g/mol. The van der Waals surface area contributed by atoms with Gasteiger partial charge in [0.25, 0.3) is 0 Å². The Labute approximate surface area is 244 Å². The zero-order valence-electron chi connectivity index (χ0n) is 23.4. The topological polar surface area (TPSA) is 281 Å². The first-order valence-electron chi connectivity index (χ1n) is 13.1. The SMILES string of the molecule is NC(N)=NCCC[C@H](N)C(=O)O.NCCc1ccccc1.N[C@H](CCC(=O)O)C(=O)Oc1ccc(CCC(=O)O)cc1. The number of nitrogens with two attached hydrogens (primary N) is 5. The van der Waals surface area contributed by atoms with Crippen molar-refractivity contribution >= 4 is 29.8 Å². The summed E-state index contributed by atoms with van der Waals surface area (Å²) in [5.74, 6) is -3.31. The van der Waals surface area contributed by atoms with Gasteiger partial charge < -0.3 is 48.7 Å². The average Bonchev–Trinajstić information content (AvgIpc) is 2.94. The lowest BCUT2D eigenvalue weighted by Gasteiger charge is -2.10. The molecule has 0 saturated carbocycles. The molecule has 0 aliphatic rings. The number of aryl methyl sites for hydroxylation is 1. The monoisotopic (exact) mass is 590 g/mol. The number of hydrogen-bond donors (Lipinski definition) is 8. The van der Waals surface area contributed by atoms with Gasteiger partial charge in [0.05, 0.1) is 0 Å². The zero-order chi connectivity index (χ0) is 31.9. The van der Waals surface area contributed by atoms with E-state index in [9.17, 15) is 19.2 Å². The maximum Gasteiger partial charge on any atom is 0.328 e. The number of carbonyl (C=O) groups excluding carboxylic acids is 1. The van der Waals surface area contributed by atoms with Crippen LogP contribution in [0.1, 0.15) is 43.2 Å². The van der Waals surface area contributed by atoms with Gasteiger partial charge in [0.2, 0.25) is 0 Å². The van der Waals surface area contributed by atoms with Crippen LogP contribution in [0.2, 0.25) is 0 Å². The summed E-state index contributed by atoms with van der Waals surface area (Å²) in [4.78, 5) is 46.3. The molecule has 0 saturated heterocycles. The first kappa shape index (κ1) is 37.5. The van der Waals surface area contributed by atoms with Gasteiger partial charge in [-0.1, -0.05) is 42.5 Å². The smallest absolute Gasteiger partial charge is 0.328 e. The summed E-state index contributed by atoms with van der Waals surface area (Å²) in [5.41, 5.74) is 28.3. The summed E-state index contributed by atoms with van der Waals surface area (Å²) in [7, 11) is 0. The van der Waals surface area contributed by atoms with E-state index in [4.69, 9.17) is 48.7 Å². The van der Waals surface area contributed by atoms with Crippen LogP contribution in [0, 0.1) is 0 Å². The van der Waals surface area contributed by atoms with Crippen LogP contribution in [0.15, 0.2) is 59.6 Å². The number of esters is 1. The van der Waals surface area contributed by atoms with E-state index < -0.39 is 36.0 Å². The van der Waals surface area contributed by atoms with Gasteiger partial charge in [-0.2, -0.15) is 0 Å². The van der Waals surface area contributed by atoms with Gasteiger partial charge in [0.15, 0.2) is 5.96 Å². The van der Waals surface area contributed by atoms with E-state index >= 15 is 0 Å². The molecule has 232 valence electrons. The number of rotatable bonds is 15. The first-order valence-corrected chi connectivity index (χ1v) is 13.1. The number of carboxylic acid groups (broad SMARTS) is 3. The highest BCUT2D eigenvalue weighted by atomic mass is 16.5. The molecule has 42 heavy (non-hydrogen) atoms. The van der Waals surface area contributed by atoms with E-state index in [1.54, 1.807) is 24.3 Å². The molecule has 0 spiro atoms. The van der Waals surface area contributed by atoms with Crippen molar-refractivity contribution in [3.63, 3.8) is 0 Å². The Morgan fingerprint density at radius 2 is 1.33 bits per heavy atom. The fourth-order valence-corrected chi connectivity index (χ4v) is 3.02. The van der Waals surface area contributed by atoms with Gasteiger partial charge in [-0.3, -0.25) is 19.4 Å². The molecule has 0 aliphatic heterocycles. The third-order valence-corrected chi connectivity index (χ3v) is 5.30. The normalized spacial score (nSPS) is 11.3. The number of aliphatic carboxylic acids is 3. The van der Waals surface area contributed by atoms with Crippen molar-refractivity contribution in [2.45, 2.75) is 57.0 Å². The molecular formula is C28H42N6O8. The molecule has 2 atom stereocenters. The molecule has 14 nitrogen and oxygen atoms in total. The van der Waals surface area contributed by atoms with E-state index in [0.717, 1.165) is 18.5 Å². The fourth-order valence-electron chi connectivity index (χ4n) is 3.02. The third-order valence-electron chi connectivity index (χ3n) is 5.30. The van der Waals surface area contributed by atoms with Crippen LogP contribution >= 0.6 is 0 Å². The summed E-state index contributed by atoms with van der Waals surface area (Å²) >= 11 is 0. The molecule has 13 N–H and O–H groups in total. The summed E-state index contributed by atoms with van der Waals surface area (Å²) in [6.07, 6.45) is 2.16. The third kappa shape index (κ3) is 20.4. The fraction of sp³-hybridized carbons (Fsp3) is 0.393. The second-order valence-electron chi connectivity index (χ2n) is 8.92. The molecule has 2 rings (SSSR count). The molecule has 0 radical (unpaired) electrons.